The number of imidazole rings is 1. The highest BCUT2D eigenvalue weighted by Gasteiger charge is 2.36. The third-order valence-electron chi connectivity index (χ3n) is 6.08. The average molecular weight is 573 g/mol. The van der Waals surface area contributed by atoms with Crippen LogP contribution in [0.15, 0.2) is 54.7 Å². The quantitative estimate of drug-likeness (QED) is 0.373. The van der Waals surface area contributed by atoms with Gasteiger partial charge in [0.05, 0.1) is 25.0 Å². The summed E-state index contributed by atoms with van der Waals surface area (Å²) in [6, 6.07) is 15.0. The van der Waals surface area contributed by atoms with E-state index in [-0.39, 0.29) is 11.9 Å². The Morgan fingerprint density at radius 1 is 1.21 bits per heavy atom. The maximum absolute atomic E-state index is 13.6. The summed E-state index contributed by atoms with van der Waals surface area (Å²) in [6.45, 7) is 1.06. The smallest absolute Gasteiger partial charge is 0.407 e. The number of rotatable bonds is 7. The van der Waals surface area contributed by atoms with E-state index in [9.17, 15) is 9.59 Å². The van der Waals surface area contributed by atoms with Crippen molar-refractivity contribution in [1.29, 1.82) is 0 Å². The first-order valence-corrected chi connectivity index (χ1v) is 12.3. The normalized spacial score (nSPS) is 16.3. The lowest BCUT2D eigenvalue weighted by molar-refractivity contribution is -0.134. The Kier molecular flexibility index (Phi) is 7.84. The van der Waals surface area contributed by atoms with Gasteiger partial charge in [-0.1, -0.05) is 36.4 Å². The van der Waals surface area contributed by atoms with Gasteiger partial charge in [0, 0.05) is 23.1 Å². The first-order chi connectivity index (χ1) is 16.5. The van der Waals surface area contributed by atoms with E-state index in [1.54, 1.807) is 0 Å². The number of benzene rings is 2. The predicted octanol–water partition coefficient (Wildman–Crippen LogP) is 3.77. The molecule has 0 saturated carbocycles. The van der Waals surface area contributed by atoms with Crippen molar-refractivity contribution in [2.45, 2.75) is 37.9 Å². The minimum atomic E-state index is -0.748. The number of carbonyl (C=O) groups is 2. The standard InChI is InChI=1S/C25H28IN5O3/c1-34-25(33)30-20(13-16-4-6-17(14-27)7-5-16)24(32)31-12-2-3-22(31)23-28-15-21(29-23)18-8-10-19(26)11-9-18/h4-11,15,20,22H,2-3,12-14,27H2,1H3,(H,28,29)(H,30,33)/t20-,22-/m0/s1. The molecule has 1 saturated heterocycles. The van der Waals surface area contributed by atoms with Crippen molar-refractivity contribution in [3.8, 4) is 11.3 Å². The zero-order chi connectivity index (χ0) is 24.1. The van der Waals surface area contributed by atoms with Crippen LogP contribution >= 0.6 is 22.6 Å². The summed E-state index contributed by atoms with van der Waals surface area (Å²) in [5.41, 5.74) is 9.58. The summed E-state index contributed by atoms with van der Waals surface area (Å²) in [6.07, 6.45) is 3.20. The highest BCUT2D eigenvalue weighted by Crippen LogP contribution is 2.32. The van der Waals surface area contributed by atoms with E-state index in [0.29, 0.717) is 19.5 Å². The molecule has 2 heterocycles. The molecule has 4 N–H and O–H groups in total. The van der Waals surface area contributed by atoms with E-state index in [1.165, 1.54) is 7.11 Å². The van der Waals surface area contributed by atoms with E-state index in [1.807, 2.05) is 59.6 Å². The molecule has 0 bridgehead atoms. The van der Waals surface area contributed by atoms with Crippen molar-refractivity contribution < 1.29 is 14.3 Å². The first kappa shape index (κ1) is 24.2. The van der Waals surface area contributed by atoms with Crippen LogP contribution in [-0.4, -0.2) is 46.6 Å². The fraction of sp³-hybridized carbons (Fsp3) is 0.320. The summed E-state index contributed by atoms with van der Waals surface area (Å²) in [4.78, 5) is 35.4. The van der Waals surface area contributed by atoms with Gasteiger partial charge >= 0.3 is 6.09 Å². The Balaban J connectivity index is 1.54. The number of alkyl carbamates (subject to hydrolysis) is 1. The molecular formula is C25H28IN5O3. The summed E-state index contributed by atoms with van der Waals surface area (Å²) < 4.78 is 5.95. The molecule has 1 aliphatic rings. The largest absolute Gasteiger partial charge is 0.453 e. The molecule has 8 nitrogen and oxygen atoms in total. The van der Waals surface area contributed by atoms with E-state index in [4.69, 9.17) is 10.5 Å². The number of nitrogens with zero attached hydrogens (tertiary/aromatic N) is 2. The highest BCUT2D eigenvalue weighted by molar-refractivity contribution is 14.1. The second-order valence-electron chi connectivity index (χ2n) is 8.29. The van der Waals surface area contributed by atoms with Crippen molar-refractivity contribution in [2.75, 3.05) is 13.7 Å². The highest BCUT2D eigenvalue weighted by atomic mass is 127. The maximum atomic E-state index is 13.6. The van der Waals surface area contributed by atoms with Crippen LogP contribution in [0.4, 0.5) is 4.79 Å². The number of aromatic nitrogens is 2. The van der Waals surface area contributed by atoms with Crippen molar-refractivity contribution in [3.63, 3.8) is 0 Å². The van der Waals surface area contributed by atoms with E-state index < -0.39 is 12.1 Å². The molecule has 9 heteroatoms. The minimum absolute atomic E-state index is 0.150. The molecule has 0 radical (unpaired) electrons. The Morgan fingerprint density at radius 3 is 2.59 bits per heavy atom. The zero-order valence-electron chi connectivity index (χ0n) is 19.0. The van der Waals surface area contributed by atoms with Gasteiger partial charge in [-0.3, -0.25) is 4.79 Å². The Hall–Kier alpha value is -2.92. The summed E-state index contributed by atoms with van der Waals surface area (Å²) in [5, 5.41) is 2.72. The van der Waals surface area contributed by atoms with E-state index in [0.717, 1.165) is 44.6 Å². The van der Waals surface area contributed by atoms with Crippen LogP contribution in [0.5, 0.6) is 0 Å². The lowest BCUT2D eigenvalue weighted by Gasteiger charge is -2.28. The number of hydrogen-bond donors (Lipinski definition) is 3. The van der Waals surface area contributed by atoms with Gasteiger partial charge in [0.1, 0.15) is 11.9 Å². The van der Waals surface area contributed by atoms with Gasteiger partial charge in [-0.15, -0.1) is 0 Å². The summed E-state index contributed by atoms with van der Waals surface area (Å²) in [5.74, 6) is 0.603. The molecule has 178 valence electrons. The number of nitrogens with one attached hydrogen (secondary N) is 2. The second kappa shape index (κ2) is 11.0. The van der Waals surface area contributed by atoms with Crippen molar-refractivity contribution in [2.24, 2.45) is 5.73 Å². The van der Waals surface area contributed by atoms with E-state index >= 15 is 0 Å². The molecule has 2 atom stereocenters. The zero-order valence-corrected chi connectivity index (χ0v) is 21.1. The van der Waals surface area contributed by atoms with Gasteiger partial charge < -0.3 is 25.7 Å². The second-order valence-corrected chi connectivity index (χ2v) is 9.54. The molecule has 1 aliphatic heterocycles. The van der Waals surface area contributed by atoms with Crippen LogP contribution in [0.3, 0.4) is 0 Å². The lowest BCUT2D eigenvalue weighted by atomic mass is 10.0. The van der Waals surface area contributed by atoms with Crippen molar-refractivity contribution in [3.05, 3.63) is 75.2 Å². The van der Waals surface area contributed by atoms with Crippen molar-refractivity contribution >= 4 is 34.6 Å². The van der Waals surface area contributed by atoms with Gasteiger partial charge in [0.15, 0.2) is 0 Å². The fourth-order valence-electron chi connectivity index (χ4n) is 4.25. The Labute approximate surface area is 212 Å². The molecule has 4 rings (SSSR count). The van der Waals surface area contributed by atoms with Crippen LogP contribution in [0, 0.1) is 3.57 Å². The topological polar surface area (TPSA) is 113 Å². The Bertz CT molecular complexity index is 1130. The van der Waals surface area contributed by atoms with Crippen LogP contribution in [0.1, 0.15) is 35.8 Å². The van der Waals surface area contributed by atoms with Gasteiger partial charge in [-0.2, -0.15) is 0 Å². The molecule has 0 aliphatic carbocycles. The molecule has 1 fully saturated rings. The van der Waals surface area contributed by atoms with E-state index in [2.05, 4.69) is 37.9 Å². The molecular weight excluding hydrogens is 545 g/mol. The number of likely N-dealkylation sites (tertiary alicyclic amines) is 1. The van der Waals surface area contributed by atoms with Crippen LogP contribution in [-0.2, 0) is 22.5 Å². The molecule has 2 aromatic carbocycles. The molecule has 2 amide bonds. The molecule has 1 aromatic heterocycles. The predicted molar refractivity (Wildman–Crippen MR) is 138 cm³/mol. The first-order valence-electron chi connectivity index (χ1n) is 11.2. The molecule has 3 aromatic rings. The fourth-order valence-corrected chi connectivity index (χ4v) is 4.61. The minimum Gasteiger partial charge on any atom is -0.453 e. The summed E-state index contributed by atoms with van der Waals surface area (Å²) >= 11 is 2.28. The number of ether oxygens (including phenoxy) is 1. The molecule has 0 unspecified atom stereocenters. The number of H-pyrrole nitrogens is 1. The number of aromatic amines is 1. The Morgan fingerprint density at radius 2 is 1.91 bits per heavy atom. The van der Waals surface area contributed by atoms with Crippen LogP contribution < -0.4 is 11.1 Å². The van der Waals surface area contributed by atoms with Gasteiger partial charge in [-0.05, 0) is 64.3 Å². The van der Waals surface area contributed by atoms with Crippen molar-refractivity contribution in [1.82, 2.24) is 20.2 Å². The average Bonchev–Trinajstić information content (AvgIpc) is 3.54. The van der Waals surface area contributed by atoms with Gasteiger partial charge in [0.25, 0.3) is 0 Å². The van der Waals surface area contributed by atoms with Gasteiger partial charge in [-0.25, -0.2) is 9.78 Å². The third-order valence-corrected chi connectivity index (χ3v) is 6.80. The maximum Gasteiger partial charge on any atom is 0.407 e. The number of amides is 2. The number of nitrogens with two attached hydrogens (primary N) is 1. The van der Waals surface area contributed by atoms with Crippen LogP contribution in [0.2, 0.25) is 0 Å². The van der Waals surface area contributed by atoms with Gasteiger partial charge in [0.2, 0.25) is 5.91 Å². The number of methoxy groups -OCH3 is 1. The van der Waals surface area contributed by atoms with Crippen LogP contribution in [0.25, 0.3) is 11.3 Å². The number of carbonyl (C=O) groups excluding carboxylic acids is 2. The lowest BCUT2D eigenvalue weighted by Crippen LogP contribution is -2.49. The monoisotopic (exact) mass is 573 g/mol. The summed E-state index contributed by atoms with van der Waals surface area (Å²) in [7, 11) is 1.29. The molecule has 0 spiro atoms. The number of halogens is 1. The SMILES string of the molecule is COC(=O)N[C@@H](Cc1ccc(CN)cc1)C(=O)N1CCC[C@H]1c1ncc(-c2ccc(I)cc2)[nH]1. The molecule has 34 heavy (non-hydrogen) atoms. The third kappa shape index (κ3) is 5.58. The number of hydrogen-bond acceptors (Lipinski definition) is 5.